The van der Waals surface area contributed by atoms with Gasteiger partial charge in [0, 0.05) is 29.7 Å². The Morgan fingerprint density at radius 1 is 1.14 bits per heavy atom. The minimum absolute atomic E-state index is 0.0543. The lowest BCUT2D eigenvalue weighted by molar-refractivity contribution is -0.142. The van der Waals surface area contributed by atoms with Gasteiger partial charge in [-0.05, 0) is 52.4 Å². The van der Waals surface area contributed by atoms with Crippen molar-refractivity contribution in [3.8, 4) is 5.75 Å². The molecule has 1 aliphatic heterocycles. The van der Waals surface area contributed by atoms with E-state index in [0.29, 0.717) is 11.1 Å². The number of carbonyl (C=O) groups excluding carboxylic acids is 4. The largest absolute Gasteiger partial charge is 0.505 e. The number of Topliss-reactive ketones (excluding diaryl/α,β-unsaturated/α-hetero) is 1. The zero-order valence-electron chi connectivity index (χ0n) is 18.2. The second-order valence-corrected chi connectivity index (χ2v) is 9.93. The standard InChI is InChI=1S/C25H19BrFNO7/c26-15-9-18(30)22-14(23(15)33)8-13-11(20(22)10-1-4-17(29)16(27)7-10)2-3-12-21(13)25(35)28(24(12)34)6-5-19(31)32/h1-2,4,7,9,12-13,20-21,29H,3,5-6,8H2,(H,31,32)/t12-,13+,20-,21-/m0/s1. The smallest absolute Gasteiger partial charge is 0.305 e. The Morgan fingerprint density at radius 2 is 1.89 bits per heavy atom. The fraction of sp³-hybridized carbons (Fsp3) is 0.320. The molecule has 1 saturated heterocycles. The van der Waals surface area contributed by atoms with E-state index in [4.69, 9.17) is 5.11 Å². The average molecular weight is 544 g/mol. The number of imide groups is 1. The number of aliphatic carboxylic acids is 1. The molecule has 180 valence electrons. The van der Waals surface area contributed by atoms with E-state index in [1.807, 2.05) is 0 Å². The summed E-state index contributed by atoms with van der Waals surface area (Å²) in [5, 5.41) is 18.7. The Balaban J connectivity index is 1.63. The molecule has 2 amide bonds. The number of allylic oxidation sites excluding steroid dienone is 6. The van der Waals surface area contributed by atoms with Crippen LogP contribution >= 0.6 is 15.9 Å². The van der Waals surface area contributed by atoms with E-state index in [-0.39, 0.29) is 41.4 Å². The van der Waals surface area contributed by atoms with Crippen molar-refractivity contribution < 1.29 is 38.6 Å². The molecule has 0 bridgehead atoms. The van der Waals surface area contributed by atoms with Crippen LogP contribution in [-0.4, -0.2) is 51.0 Å². The molecule has 1 aromatic carbocycles. The summed E-state index contributed by atoms with van der Waals surface area (Å²) < 4.78 is 14.4. The summed E-state index contributed by atoms with van der Waals surface area (Å²) in [4.78, 5) is 64.5. The molecule has 2 N–H and O–H groups in total. The fourth-order valence-corrected chi connectivity index (χ4v) is 6.23. The molecule has 0 aromatic heterocycles. The van der Waals surface area contributed by atoms with Gasteiger partial charge in [-0.25, -0.2) is 4.39 Å². The molecule has 35 heavy (non-hydrogen) atoms. The van der Waals surface area contributed by atoms with Crippen LogP contribution in [0.2, 0.25) is 0 Å². The number of ketones is 2. The molecular formula is C25H19BrFNO7. The first-order valence-electron chi connectivity index (χ1n) is 11.0. The first-order chi connectivity index (χ1) is 16.6. The number of likely N-dealkylation sites (tertiary alicyclic amines) is 1. The number of amides is 2. The number of rotatable bonds is 4. The Labute approximate surface area is 206 Å². The molecule has 5 rings (SSSR count). The predicted molar refractivity (Wildman–Crippen MR) is 122 cm³/mol. The number of phenolic OH excluding ortho intramolecular Hbond substituents is 1. The van der Waals surface area contributed by atoms with Gasteiger partial charge < -0.3 is 10.2 Å². The quantitative estimate of drug-likeness (QED) is 0.339. The summed E-state index contributed by atoms with van der Waals surface area (Å²) in [5.41, 5.74) is 1.39. The number of carboxylic acids is 1. The highest BCUT2D eigenvalue weighted by atomic mass is 79.9. The number of aromatic hydroxyl groups is 1. The molecule has 1 fully saturated rings. The van der Waals surface area contributed by atoms with Gasteiger partial charge in [-0.3, -0.25) is 28.9 Å². The first-order valence-corrected chi connectivity index (χ1v) is 11.8. The summed E-state index contributed by atoms with van der Waals surface area (Å²) in [6.07, 6.45) is 2.83. The predicted octanol–water partition coefficient (Wildman–Crippen LogP) is 2.77. The Bertz CT molecular complexity index is 1330. The number of nitrogens with zero attached hydrogens (tertiary/aromatic N) is 1. The van der Waals surface area contributed by atoms with E-state index < -0.39 is 64.6 Å². The fourth-order valence-electron chi connectivity index (χ4n) is 5.78. The minimum atomic E-state index is -1.14. The highest BCUT2D eigenvalue weighted by Crippen LogP contribution is 2.55. The zero-order valence-corrected chi connectivity index (χ0v) is 19.7. The van der Waals surface area contributed by atoms with Crippen LogP contribution in [0.25, 0.3) is 0 Å². The average Bonchev–Trinajstić information content (AvgIpc) is 3.06. The monoisotopic (exact) mass is 543 g/mol. The topological polar surface area (TPSA) is 129 Å². The maximum absolute atomic E-state index is 14.3. The number of benzene rings is 1. The van der Waals surface area contributed by atoms with Crippen LogP contribution < -0.4 is 0 Å². The van der Waals surface area contributed by atoms with E-state index in [9.17, 15) is 33.5 Å². The van der Waals surface area contributed by atoms with E-state index >= 15 is 0 Å². The van der Waals surface area contributed by atoms with Crippen molar-refractivity contribution >= 4 is 45.3 Å². The Hall–Kier alpha value is -3.40. The summed E-state index contributed by atoms with van der Waals surface area (Å²) in [5.74, 6) is -7.31. The van der Waals surface area contributed by atoms with Crippen molar-refractivity contribution in [1.29, 1.82) is 0 Å². The number of carboxylic acid groups (broad SMARTS) is 1. The Kier molecular flexibility index (Phi) is 5.58. The molecule has 1 aromatic rings. The number of carbonyl (C=O) groups is 5. The van der Waals surface area contributed by atoms with E-state index in [1.165, 1.54) is 18.2 Å². The number of phenols is 1. The van der Waals surface area contributed by atoms with Crippen LogP contribution in [0.1, 0.15) is 30.7 Å². The van der Waals surface area contributed by atoms with Crippen LogP contribution in [0.5, 0.6) is 5.75 Å². The molecule has 1 heterocycles. The number of hydrogen-bond donors (Lipinski definition) is 2. The van der Waals surface area contributed by atoms with E-state index in [0.717, 1.165) is 11.0 Å². The molecule has 8 nitrogen and oxygen atoms in total. The molecule has 0 radical (unpaired) electrons. The molecule has 4 aliphatic rings. The highest BCUT2D eigenvalue weighted by molar-refractivity contribution is 9.12. The second kappa shape index (κ2) is 8.37. The SMILES string of the molecule is O=C(O)CCN1C(=O)[C@H]2[C@H](CC=C3[C@H](c4ccc(O)c(F)c4)C4=C(C[C@H]32)C(=O)C(Br)=CC4=O)C1=O. The van der Waals surface area contributed by atoms with Gasteiger partial charge in [0.1, 0.15) is 0 Å². The number of hydrogen-bond acceptors (Lipinski definition) is 6. The van der Waals surface area contributed by atoms with Crippen LogP contribution in [0, 0.1) is 23.6 Å². The summed E-state index contributed by atoms with van der Waals surface area (Å²) >= 11 is 3.13. The summed E-state index contributed by atoms with van der Waals surface area (Å²) in [6.45, 7) is -0.242. The van der Waals surface area contributed by atoms with Crippen molar-refractivity contribution in [2.24, 2.45) is 17.8 Å². The number of halogens is 2. The molecular weight excluding hydrogens is 525 g/mol. The van der Waals surface area contributed by atoms with Crippen LogP contribution in [0.3, 0.4) is 0 Å². The van der Waals surface area contributed by atoms with E-state index in [1.54, 1.807) is 6.08 Å². The molecule has 10 heteroatoms. The maximum atomic E-state index is 14.3. The third-order valence-electron chi connectivity index (χ3n) is 7.28. The summed E-state index contributed by atoms with van der Waals surface area (Å²) in [7, 11) is 0. The number of fused-ring (bicyclic) bond motifs is 3. The van der Waals surface area contributed by atoms with Crippen LogP contribution in [0.15, 0.2) is 51.6 Å². The van der Waals surface area contributed by atoms with Crippen molar-refractivity contribution in [3.63, 3.8) is 0 Å². The van der Waals surface area contributed by atoms with Gasteiger partial charge in [-0.1, -0.05) is 17.7 Å². The van der Waals surface area contributed by atoms with E-state index in [2.05, 4.69) is 15.9 Å². The van der Waals surface area contributed by atoms with Crippen molar-refractivity contribution in [3.05, 3.63) is 62.9 Å². The van der Waals surface area contributed by atoms with Gasteiger partial charge in [0.25, 0.3) is 0 Å². The minimum Gasteiger partial charge on any atom is -0.505 e. The third kappa shape index (κ3) is 3.58. The molecule has 0 saturated carbocycles. The van der Waals surface area contributed by atoms with Gasteiger partial charge in [0.15, 0.2) is 23.1 Å². The van der Waals surface area contributed by atoms with Crippen molar-refractivity contribution in [1.82, 2.24) is 4.90 Å². The van der Waals surface area contributed by atoms with Gasteiger partial charge >= 0.3 is 5.97 Å². The van der Waals surface area contributed by atoms with Gasteiger partial charge in [0.2, 0.25) is 11.8 Å². The molecule has 3 aliphatic carbocycles. The molecule has 0 spiro atoms. The van der Waals surface area contributed by atoms with Crippen molar-refractivity contribution in [2.75, 3.05) is 6.54 Å². The lowest BCUT2D eigenvalue weighted by Gasteiger charge is -2.42. The van der Waals surface area contributed by atoms with Gasteiger partial charge in [0.05, 0.1) is 22.7 Å². The zero-order chi connectivity index (χ0) is 25.2. The van der Waals surface area contributed by atoms with Gasteiger partial charge in [-0.15, -0.1) is 0 Å². The Morgan fingerprint density at radius 3 is 2.57 bits per heavy atom. The maximum Gasteiger partial charge on any atom is 0.305 e. The normalized spacial score (nSPS) is 27.9. The first kappa shape index (κ1) is 23.3. The van der Waals surface area contributed by atoms with Crippen LogP contribution in [0.4, 0.5) is 4.39 Å². The molecule has 4 atom stereocenters. The van der Waals surface area contributed by atoms with Crippen molar-refractivity contribution in [2.45, 2.75) is 25.2 Å². The lowest BCUT2D eigenvalue weighted by Crippen LogP contribution is -2.39. The van der Waals surface area contributed by atoms with Gasteiger partial charge in [-0.2, -0.15) is 0 Å². The molecule has 0 unspecified atom stereocenters. The van der Waals surface area contributed by atoms with Crippen LogP contribution in [-0.2, 0) is 24.0 Å². The third-order valence-corrected chi connectivity index (χ3v) is 7.87. The second-order valence-electron chi connectivity index (χ2n) is 9.08. The summed E-state index contributed by atoms with van der Waals surface area (Å²) in [6, 6.07) is 3.74. The lowest BCUT2D eigenvalue weighted by atomic mass is 9.59. The highest BCUT2D eigenvalue weighted by Gasteiger charge is 2.56.